The molecule has 2 aromatic carbocycles. The van der Waals surface area contributed by atoms with Crippen LogP contribution in [0.5, 0.6) is 11.5 Å². The molecule has 0 spiro atoms. The summed E-state index contributed by atoms with van der Waals surface area (Å²) in [6, 6.07) is 13.9. The van der Waals surface area contributed by atoms with Crippen molar-refractivity contribution in [1.82, 2.24) is 15.1 Å². The van der Waals surface area contributed by atoms with E-state index >= 15 is 0 Å². The van der Waals surface area contributed by atoms with Crippen molar-refractivity contribution in [2.45, 2.75) is 51.1 Å². The molecule has 0 bridgehead atoms. The van der Waals surface area contributed by atoms with Crippen molar-refractivity contribution in [3.8, 4) is 11.5 Å². The van der Waals surface area contributed by atoms with Gasteiger partial charge in [-0.15, -0.1) is 0 Å². The summed E-state index contributed by atoms with van der Waals surface area (Å²) in [6.45, 7) is 3.73. The molecule has 2 aliphatic rings. The SMILES string of the molecule is COc1ccc(CC2(CCC(=O)N3CCN(Cc4cccc(C)c4)C(=O)C3)CCC(=O)N2)cc1OC. The average Bonchev–Trinajstić information content (AvgIpc) is 3.24. The third-order valence-electron chi connectivity index (χ3n) is 7.17. The van der Waals surface area contributed by atoms with E-state index in [1.54, 1.807) is 19.1 Å². The average molecular weight is 494 g/mol. The number of nitrogens with zero attached hydrogens (tertiary/aromatic N) is 2. The summed E-state index contributed by atoms with van der Waals surface area (Å²) in [5.74, 6) is 1.19. The fourth-order valence-electron chi connectivity index (χ4n) is 5.19. The van der Waals surface area contributed by atoms with Gasteiger partial charge >= 0.3 is 0 Å². The Morgan fingerprint density at radius 3 is 2.50 bits per heavy atom. The van der Waals surface area contributed by atoms with Gasteiger partial charge in [-0.05, 0) is 49.4 Å². The normalized spacial score (nSPS) is 19.9. The molecule has 0 saturated carbocycles. The van der Waals surface area contributed by atoms with Crippen LogP contribution in [0.2, 0.25) is 0 Å². The minimum Gasteiger partial charge on any atom is -0.493 e. The topological polar surface area (TPSA) is 88.2 Å². The summed E-state index contributed by atoms with van der Waals surface area (Å²) >= 11 is 0. The highest BCUT2D eigenvalue weighted by Crippen LogP contribution is 2.33. The highest BCUT2D eigenvalue weighted by molar-refractivity contribution is 5.86. The standard InChI is InChI=1S/C28H35N3O5/c1-20-5-4-6-22(15-20)18-30-13-14-31(19-27(30)34)26(33)10-12-28(11-9-25(32)29-28)17-21-7-8-23(35-2)24(16-21)36-3/h4-8,15-16H,9-14,17-19H2,1-3H3,(H,29,32). The van der Waals surface area contributed by atoms with Crippen LogP contribution in [0.25, 0.3) is 0 Å². The number of hydrogen-bond donors (Lipinski definition) is 1. The van der Waals surface area contributed by atoms with Crippen LogP contribution >= 0.6 is 0 Å². The molecule has 192 valence electrons. The van der Waals surface area contributed by atoms with Gasteiger partial charge in [0, 0.05) is 38.0 Å². The van der Waals surface area contributed by atoms with Crippen LogP contribution in [-0.4, -0.2) is 66.9 Å². The van der Waals surface area contributed by atoms with Gasteiger partial charge in [-0.2, -0.15) is 0 Å². The lowest BCUT2D eigenvalue weighted by Crippen LogP contribution is -2.52. The monoisotopic (exact) mass is 493 g/mol. The molecule has 2 heterocycles. The number of carbonyl (C=O) groups excluding carboxylic acids is 3. The smallest absolute Gasteiger partial charge is 0.242 e. The van der Waals surface area contributed by atoms with Gasteiger partial charge < -0.3 is 24.6 Å². The van der Waals surface area contributed by atoms with Gasteiger partial charge in [-0.25, -0.2) is 0 Å². The van der Waals surface area contributed by atoms with Crippen molar-refractivity contribution in [3.63, 3.8) is 0 Å². The number of benzene rings is 2. The number of amides is 3. The Bertz CT molecular complexity index is 1130. The molecule has 0 aliphatic carbocycles. The molecule has 2 fully saturated rings. The maximum atomic E-state index is 13.1. The van der Waals surface area contributed by atoms with Crippen molar-refractivity contribution in [2.75, 3.05) is 33.9 Å². The molecular formula is C28H35N3O5. The van der Waals surface area contributed by atoms with Crippen LogP contribution in [0.15, 0.2) is 42.5 Å². The highest BCUT2D eigenvalue weighted by atomic mass is 16.5. The Kier molecular flexibility index (Phi) is 7.82. The maximum absolute atomic E-state index is 13.1. The van der Waals surface area contributed by atoms with Gasteiger partial charge in [0.05, 0.1) is 20.8 Å². The number of piperazine rings is 1. The van der Waals surface area contributed by atoms with E-state index in [-0.39, 0.29) is 30.7 Å². The molecule has 1 N–H and O–H groups in total. The fourth-order valence-corrected chi connectivity index (χ4v) is 5.19. The number of aryl methyl sites for hydroxylation is 1. The zero-order valence-electron chi connectivity index (χ0n) is 21.3. The Labute approximate surface area is 212 Å². The zero-order valence-corrected chi connectivity index (χ0v) is 21.3. The van der Waals surface area contributed by atoms with E-state index in [0.29, 0.717) is 56.8 Å². The third-order valence-corrected chi connectivity index (χ3v) is 7.17. The molecule has 1 atom stereocenters. The summed E-state index contributed by atoms with van der Waals surface area (Å²) in [5, 5.41) is 3.13. The van der Waals surface area contributed by atoms with E-state index in [1.807, 2.05) is 48.2 Å². The third kappa shape index (κ3) is 5.98. The van der Waals surface area contributed by atoms with Crippen molar-refractivity contribution in [1.29, 1.82) is 0 Å². The summed E-state index contributed by atoms with van der Waals surface area (Å²) in [6.07, 6.45) is 2.49. The van der Waals surface area contributed by atoms with Crippen molar-refractivity contribution in [2.24, 2.45) is 0 Å². The first-order chi connectivity index (χ1) is 17.3. The summed E-state index contributed by atoms with van der Waals surface area (Å²) in [5.41, 5.74) is 2.76. The molecule has 2 aromatic rings. The van der Waals surface area contributed by atoms with Crippen LogP contribution in [0, 0.1) is 6.92 Å². The van der Waals surface area contributed by atoms with E-state index in [4.69, 9.17) is 9.47 Å². The van der Waals surface area contributed by atoms with Crippen LogP contribution in [0.3, 0.4) is 0 Å². The predicted molar refractivity (Wildman–Crippen MR) is 136 cm³/mol. The Morgan fingerprint density at radius 2 is 1.83 bits per heavy atom. The molecule has 0 radical (unpaired) electrons. The largest absolute Gasteiger partial charge is 0.493 e. The second-order valence-corrected chi connectivity index (χ2v) is 9.81. The lowest BCUT2D eigenvalue weighted by atomic mass is 9.84. The molecule has 0 aromatic heterocycles. The summed E-state index contributed by atoms with van der Waals surface area (Å²) in [7, 11) is 3.18. The summed E-state index contributed by atoms with van der Waals surface area (Å²) in [4.78, 5) is 41.5. The van der Waals surface area contributed by atoms with E-state index in [9.17, 15) is 14.4 Å². The number of ether oxygens (including phenoxy) is 2. The molecule has 2 aliphatic heterocycles. The van der Waals surface area contributed by atoms with E-state index in [1.165, 1.54) is 0 Å². The van der Waals surface area contributed by atoms with Gasteiger partial charge in [0.1, 0.15) is 0 Å². The van der Waals surface area contributed by atoms with Gasteiger partial charge in [-0.1, -0.05) is 35.9 Å². The maximum Gasteiger partial charge on any atom is 0.242 e. The second kappa shape index (κ2) is 11.0. The van der Waals surface area contributed by atoms with Gasteiger partial charge in [-0.3, -0.25) is 14.4 Å². The van der Waals surface area contributed by atoms with Crippen molar-refractivity contribution in [3.05, 3.63) is 59.2 Å². The fraction of sp³-hybridized carbons (Fsp3) is 0.464. The molecule has 3 amide bonds. The molecule has 4 rings (SSSR count). The van der Waals surface area contributed by atoms with Gasteiger partial charge in [0.15, 0.2) is 11.5 Å². The van der Waals surface area contributed by atoms with Crippen molar-refractivity contribution >= 4 is 17.7 Å². The zero-order chi connectivity index (χ0) is 25.7. The Morgan fingerprint density at radius 1 is 1.03 bits per heavy atom. The predicted octanol–water partition coefficient (Wildman–Crippen LogP) is 2.85. The number of methoxy groups -OCH3 is 2. The van der Waals surface area contributed by atoms with Crippen LogP contribution in [0.4, 0.5) is 0 Å². The first-order valence-electron chi connectivity index (χ1n) is 12.4. The van der Waals surface area contributed by atoms with E-state index < -0.39 is 5.54 Å². The molecule has 36 heavy (non-hydrogen) atoms. The lowest BCUT2D eigenvalue weighted by molar-refractivity contribution is -0.145. The number of rotatable bonds is 9. The Balaban J connectivity index is 1.36. The number of carbonyl (C=O) groups is 3. The number of nitrogens with one attached hydrogen (secondary N) is 1. The molecule has 8 nitrogen and oxygen atoms in total. The van der Waals surface area contributed by atoms with Crippen LogP contribution in [0.1, 0.15) is 42.4 Å². The highest BCUT2D eigenvalue weighted by Gasteiger charge is 2.39. The molecule has 8 heteroatoms. The van der Waals surface area contributed by atoms with Crippen molar-refractivity contribution < 1.29 is 23.9 Å². The minimum absolute atomic E-state index is 0.00265. The number of hydrogen-bond acceptors (Lipinski definition) is 5. The second-order valence-electron chi connectivity index (χ2n) is 9.81. The van der Waals surface area contributed by atoms with E-state index in [2.05, 4.69) is 11.4 Å². The quantitative estimate of drug-likeness (QED) is 0.581. The first kappa shape index (κ1) is 25.5. The van der Waals surface area contributed by atoms with Gasteiger partial charge in [0.2, 0.25) is 17.7 Å². The molecular weight excluding hydrogens is 458 g/mol. The first-order valence-corrected chi connectivity index (χ1v) is 12.4. The van der Waals surface area contributed by atoms with Crippen LogP contribution in [-0.2, 0) is 27.3 Å². The van der Waals surface area contributed by atoms with Gasteiger partial charge in [0.25, 0.3) is 0 Å². The summed E-state index contributed by atoms with van der Waals surface area (Å²) < 4.78 is 10.8. The Hall–Kier alpha value is -3.55. The molecule has 2 saturated heterocycles. The molecule has 1 unspecified atom stereocenters. The van der Waals surface area contributed by atoms with Crippen LogP contribution < -0.4 is 14.8 Å². The lowest BCUT2D eigenvalue weighted by Gasteiger charge is -2.35. The minimum atomic E-state index is -0.497. The van der Waals surface area contributed by atoms with E-state index in [0.717, 1.165) is 16.7 Å².